The molecule has 1 aromatic heterocycles. The molecule has 15 heavy (non-hydrogen) atoms. The van der Waals surface area contributed by atoms with Gasteiger partial charge in [-0.25, -0.2) is 4.68 Å². The smallest absolute Gasteiger partial charge is 0.240 e. The van der Waals surface area contributed by atoms with Gasteiger partial charge in [0.1, 0.15) is 0 Å². The number of anilines is 1. The summed E-state index contributed by atoms with van der Waals surface area (Å²) < 4.78 is 7.20. The van der Waals surface area contributed by atoms with Gasteiger partial charge in [0.25, 0.3) is 0 Å². The second-order valence-electron chi connectivity index (χ2n) is 3.61. The summed E-state index contributed by atoms with van der Waals surface area (Å²) >= 11 is 0. The van der Waals surface area contributed by atoms with Crippen LogP contribution in [0.25, 0.3) is 0 Å². The van der Waals surface area contributed by atoms with Gasteiger partial charge in [0, 0.05) is 13.1 Å². The van der Waals surface area contributed by atoms with E-state index in [1.807, 2.05) is 0 Å². The fourth-order valence-electron chi connectivity index (χ4n) is 1.71. The molecule has 1 aliphatic rings. The molecule has 0 amide bonds. The summed E-state index contributed by atoms with van der Waals surface area (Å²) in [7, 11) is 0. The van der Waals surface area contributed by atoms with E-state index in [-0.39, 0.29) is 6.10 Å². The number of hydrogen-bond acceptors (Lipinski definition) is 6. The predicted molar refractivity (Wildman–Crippen MR) is 54.1 cm³/mol. The highest BCUT2D eigenvalue weighted by Gasteiger charge is 2.20. The highest BCUT2D eigenvalue weighted by atomic mass is 16.5. The number of rotatable bonds is 3. The zero-order valence-electron chi connectivity index (χ0n) is 8.83. The standard InChI is InChI=1S/C8H16N6O/c1-2-13-3-4-15-7(5-13)6-14-8(9)10-11-12-14/h7H,2-6H2,1H3,(H2,9,10,12). The number of morpholine rings is 1. The zero-order valence-corrected chi connectivity index (χ0v) is 8.83. The third kappa shape index (κ3) is 2.42. The van der Waals surface area contributed by atoms with E-state index in [1.165, 1.54) is 0 Å². The number of aromatic nitrogens is 4. The molecular weight excluding hydrogens is 196 g/mol. The summed E-state index contributed by atoms with van der Waals surface area (Å²) in [6, 6.07) is 0. The first-order valence-electron chi connectivity index (χ1n) is 5.15. The minimum Gasteiger partial charge on any atom is -0.374 e. The molecule has 0 aromatic carbocycles. The van der Waals surface area contributed by atoms with Gasteiger partial charge in [0.05, 0.1) is 19.3 Å². The molecule has 0 bridgehead atoms. The Morgan fingerprint density at radius 2 is 2.47 bits per heavy atom. The minimum atomic E-state index is 0.129. The van der Waals surface area contributed by atoms with Gasteiger partial charge in [-0.15, -0.1) is 0 Å². The van der Waals surface area contributed by atoms with E-state index in [0.29, 0.717) is 12.5 Å². The Morgan fingerprint density at radius 3 is 3.13 bits per heavy atom. The second-order valence-corrected chi connectivity index (χ2v) is 3.61. The van der Waals surface area contributed by atoms with E-state index in [1.54, 1.807) is 4.68 Å². The van der Waals surface area contributed by atoms with Crippen LogP contribution < -0.4 is 5.73 Å². The third-order valence-corrected chi connectivity index (χ3v) is 2.61. The lowest BCUT2D eigenvalue weighted by molar-refractivity contribution is -0.0357. The van der Waals surface area contributed by atoms with Crippen LogP contribution in [0.4, 0.5) is 5.95 Å². The molecule has 84 valence electrons. The van der Waals surface area contributed by atoms with Crippen molar-refractivity contribution in [3.63, 3.8) is 0 Å². The largest absolute Gasteiger partial charge is 0.374 e. The first-order valence-corrected chi connectivity index (χ1v) is 5.15. The van der Waals surface area contributed by atoms with Crippen LogP contribution in [-0.4, -0.2) is 57.5 Å². The SMILES string of the molecule is CCN1CCOC(Cn2nnnc2N)C1. The van der Waals surface area contributed by atoms with Crippen LogP contribution >= 0.6 is 0 Å². The normalized spacial score (nSPS) is 23.1. The summed E-state index contributed by atoms with van der Waals surface area (Å²) in [6.07, 6.45) is 0.129. The average molecular weight is 212 g/mol. The topological polar surface area (TPSA) is 82.1 Å². The maximum atomic E-state index is 5.62. The average Bonchev–Trinajstić information content (AvgIpc) is 2.65. The summed E-state index contributed by atoms with van der Waals surface area (Å²) in [6.45, 7) is 6.49. The van der Waals surface area contributed by atoms with Gasteiger partial charge in [-0.3, -0.25) is 4.90 Å². The van der Waals surface area contributed by atoms with Gasteiger partial charge in [0.2, 0.25) is 5.95 Å². The molecular formula is C8H16N6O. The molecule has 0 aliphatic carbocycles. The molecule has 0 saturated carbocycles. The lowest BCUT2D eigenvalue weighted by Gasteiger charge is -2.31. The number of likely N-dealkylation sites (N-methyl/N-ethyl adjacent to an activating group) is 1. The Labute approximate surface area is 88.2 Å². The number of nitrogens with zero attached hydrogens (tertiary/aromatic N) is 5. The van der Waals surface area contributed by atoms with Gasteiger partial charge in [0.15, 0.2) is 0 Å². The fourth-order valence-corrected chi connectivity index (χ4v) is 1.71. The molecule has 1 unspecified atom stereocenters. The van der Waals surface area contributed by atoms with Gasteiger partial charge in [-0.2, -0.15) is 0 Å². The van der Waals surface area contributed by atoms with Crippen LogP contribution in [0.1, 0.15) is 6.92 Å². The summed E-state index contributed by atoms with van der Waals surface area (Å²) in [5, 5.41) is 10.9. The van der Waals surface area contributed by atoms with E-state index in [2.05, 4.69) is 27.3 Å². The maximum absolute atomic E-state index is 5.62. The molecule has 1 aliphatic heterocycles. The second kappa shape index (κ2) is 4.54. The van der Waals surface area contributed by atoms with Crippen molar-refractivity contribution in [1.29, 1.82) is 0 Å². The molecule has 2 heterocycles. The summed E-state index contributed by atoms with van der Waals surface area (Å²) in [4.78, 5) is 2.34. The van der Waals surface area contributed by atoms with Crippen molar-refractivity contribution in [3.8, 4) is 0 Å². The number of nitrogens with two attached hydrogens (primary N) is 1. The molecule has 0 spiro atoms. The Morgan fingerprint density at radius 1 is 1.60 bits per heavy atom. The molecule has 0 radical (unpaired) electrons. The van der Waals surface area contributed by atoms with Crippen LogP contribution in [0.3, 0.4) is 0 Å². The van der Waals surface area contributed by atoms with Crippen molar-refractivity contribution in [1.82, 2.24) is 25.1 Å². The number of tetrazole rings is 1. The number of ether oxygens (including phenoxy) is 1. The lowest BCUT2D eigenvalue weighted by Crippen LogP contribution is -2.44. The monoisotopic (exact) mass is 212 g/mol. The van der Waals surface area contributed by atoms with E-state index in [4.69, 9.17) is 10.5 Å². The quantitative estimate of drug-likeness (QED) is 0.690. The number of hydrogen-bond donors (Lipinski definition) is 1. The molecule has 2 rings (SSSR count). The van der Waals surface area contributed by atoms with E-state index < -0.39 is 0 Å². The Balaban J connectivity index is 1.92. The van der Waals surface area contributed by atoms with Crippen molar-refractivity contribution in [2.24, 2.45) is 0 Å². The van der Waals surface area contributed by atoms with Crippen LogP contribution in [0, 0.1) is 0 Å². The molecule has 7 heteroatoms. The van der Waals surface area contributed by atoms with Crippen LogP contribution in [0.15, 0.2) is 0 Å². The molecule has 1 aromatic rings. The van der Waals surface area contributed by atoms with Gasteiger partial charge >= 0.3 is 0 Å². The zero-order chi connectivity index (χ0) is 10.7. The Bertz CT molecular complexity index is 314. The Kier molecular flexibility index (Phi) is 3.12. The van der Waals surface area contributed by atoms with Crippen molar-refractivity contribution >= 4 is 5.95 Å². The Hall–Kier alpha value is -1.21. The number of nitrogen functional groups attached to an aromatic ring is 1. The first-order chi connectivity index (χ1) is 7.29. The van der Waals surface area contributed by atoms with Gasteiger partial charge in [-0.1, -0.05) is 12.0 Å². The summed E-state index contributed by atoms with van der Waals surface area (Å²) in [5.41, 5.74) is 5.58. The molecule has 1 fully saturated rings. The fraction of sp³-hybridized carbons (Fsp3) is 0.875. The molecule has 1 atom stereocenters. The third-order valence-electron chi connectivity index (χ3n) is 2.61. The molecule has 7 nitrogen and oxygen atoms in total. The van der Waals surface area contributed by atoms with Crippen molar-refractivity contribution in [3.05, 3.63) is 0 Å². The van der Waals surface area contributed by atoms with Gasteiger partial charge in [-0.05, 0) is 17.0 Å². The van der Waals surface area contributed by atoms with E-state index in [9.17, 15) is 0 Å². The maximum Gasteiger partial charge on any atom is 0.240 e. The lowest BCUT2D eigenvalue weighted by atomic mass is 10.2. The molecule has 1 saturated heterocycles. The van der Waals surface area contributed by atoms with Crippen LogP contribution in [0.2, 0.25) is 0 Å². The van der Waals surface area contributed by atoms with Crippen molar-refractivity contribution < 1.29 is 4.74 Å². The van der Waals surface area contributed by atoms with Crippen molar-refractivity contribution in [2.75, 3.05) is 32.0 Å². The molecule has 2 N–H and O–H groups in total. The van der Waals surface area contributed by atoms with Crippen LogP contribution in [0.5, 0.6) is 0 Å². The predicted octanol–water partition coefficient (Wildman–Crippen LogP) is -1.02. The van der Waals surface area contributed by atoms with E-state index >= 15 is 0 Å². The highest BCUT2D eigenvalue weighted by molar-refractivity contribution is 5.10. The highest BCUT2D eigenvalue weighted by Crippen LogP contribution is 2.07. The minimum absolute atomic E-state index is 0.129. The first kappa shape index (κ1) is 10.3. The van der Waals surface area contributed by atoms with Crippen molar-refractivity contribution in [2.45, 2.75) is 19.6 Å². The van der Waals surface area contributed by atoms with E-state index in [0.717, 1.165) is 26.2 Å². The van der Waals surface area contributed by atoms with Gasteiger partial charge < -0.3 is 10.5 Å². The van der Waals surface area contributed by atoms with Crippen LogP contribution in [-0.2, 0) is 11.3 Å². The summed E-state index contributed by atoms with van der Waals surface area (Å²) in [5.74, 6) is 0.340.